The highest BCUT2D eigenvalue weighted by Crippen LogP contribution is 2.25. The molecule has 1 aromatic carbocycles. The van der Waals surface area contributed by atoms with Crippen LogP contribution in [0.4, 0.5) is 4.79 Å². The number of aryl methyl sites for hydroxylation is 1. The minimum atomic E-state index is -0.560. The third-order valence-corrected chi connectivity index (χ3v) is 5.25. The van der Waals surface area contributed by atoms with Gasteiger partial charge in [-0.2, -0.15) is 0 Å². The van der Waals surface area contributed by atoms with Crippen molar-refractivity contribution in [3.05, 3.63) is 56.7 Å². The molecular formula is C18H21ClN2O3S. The van der Waals surface area contributed by atoms with Gasteiger partial charge in [-0.25, -0.2) is 4.79 Å². The van der Waals surface area contributed by atoms with Gasteiger partial charge in [0.1, 0.15) is 0 Å². The molecule has 0 bridgehead atoms. The Kier molecular flexibility index (Phi) is 7.28. The second-order valence-corrected chi connectivity index (χ2v) is 7.06. The molecule has 2 N–H and O–H groups in total. The summed E-state index contributed by atoms with van der Waals surface area (Å²) in [5.74, 6) is -0.420. The van der Waals surface area contributed by atoms with Gasteiger partial charge in [-0.1, -0.05) is 36.7 Å². The summed E-state index contributed by atoms with van der Waals surface area (Å²) in [5, 5.41) is 6.10. The van der Waals surface area contributed by atoms with E-state index in [1.807, 2.05) is 12.1 Å². The van der Waals surface area contributed by atoms with Crippen molar-refractivity contribution < 1.29 is 14.3 Å². The number of amides is 2. The van der Waals surface area contributed by atoms with E-state index in [0.29, 0.717) is 17.1 Å². The molecule has 25 heavy (non-hydrogen) atoms. The maximum atomic E-state index is 12.2. The third kappa shape index (κ3) is 5.76. The summed E-state index contributed by atoms with van der Waals surface area (Å²) < 4.78 is 4.72. The van der Waals surface area contributed by atoms with Gasteiger partial charge in [-0.15, -0.1) is 11.3 Å². The number of ether oxygens (including phenoxy) is 1. The van der Waals surface area contributed by atoms with Gasteiger partial charge in [-0.05, 0) is 30.2 Å². The molecular weight excluding hydrogens is 360 g/mol. The van der Waals surface area contributed by atoms with E-state index < -0.39 is 12.0 Å². The Bertz CT molecular complexity index is 733. The van der Waals surface area contributed by atoms with Crippen LogP contribution in [0, 0.1) is 0 Å². The molecule has 2 aromatic rings. The summed E-state index contributed by atoms with van der Waals surface area (Å²) in [6.45, 7) is 2.53. The smallest absolute Gasteiger partial charge is 0.315 e. The van der Waals surface area contributed by atoms with Crippen molar-refractivity contribution in [3.8, 4) is 0 Å². The summed E-state index contributed by atoms with van der Waals surface area (Å²) in [5.41, 5.74) is 0.675. The summed E-state index contributed by atoms with van der Waals surface area (Å²) >= 11 is 7.87. The molecule has 0 aliphatic heterocycles. The van der Waals surface area contributed by atoms with Crippen LogP contribution >= 0.6 is 22.9 Å². The van der Waals surface area contributed by atoms with Crippen LogP contribution in [0.25, 0.3) is 0 Å². The standard InChI is InChI=1S/C18H21ClN2O3S/c1-3-12-8-9-13(25-12)11-20-18(23)21-16(10-17(22)24-2)14-6-4-5-7-15(14)19/h4-9,16H,3,10-11H2,1-2H3,(H2,20,21,23). The fourth-order valence-electron chi connectivity index (χ4n) is 2.33. The van der Waals surface area contributed by atoms with E-state index in [2.05, 4.69) is 23.6 Å². The Labute approximate surface area is 156 Å². The number of nitrogens with one attached hydrogen (secondary N) is 2. The first kappa shape index (κ1) is 19.3. The van der Waals surface area contributed by atoms with Crippen LogP contribution in [0.2, 0.25) is 5.02 Å². The number of methoxy groups -OCH3 is 1. The first-order valence-electron chi connectivity index (χ1n) is 7.96. The molecule has 0 fully saturated rings. The van der Waals surface area contributed by atoms with Gasteiger partial charge in [0.25, 0.3) is 0 Å². The van der Waals surface area contributed by atoms with Gasteiger partial charge in [0, 0.05) is 14.8 Å². The molecule has 0 saturated carbocycles. The average molecular weight is 381 g/mol. The maximum absolute atomic E-state index is 12.2. The number of thiophene rings is 1. The van der Waals surface area contributed by atoms with Gasteiger partial charge in [-0.3, -0.25) is 4.79 Å². The van der Waals surface area contributed by atoms with Crippen molar-refractivity contribution in [2.45, 2.75) is 32.4 Å². The van der Waals surface area contributed by atoms with Gasteiger partial charge >= 0.3 is 12.0 Å². The zero-order valence-corrected chi connectivity index (χ0v) is 15.7. The predicted molar refractivity (Wildman–Crippen MR) is 99.9 cm³/mol. The van der Waals surface area contributed by atoms with Crippen LogP contribution in [-0.4, -0.2) is 19.1 Å². The monoisotopic (exact) mass is 380 g/mol. The predicted octanol–water partition coefficient (Wildman–Crippen LogP) is 4.07. The van der Waals surface area contributed by atoms with Gasteiger partial charge in [0.15, 0.2) is 0 Å². The van der Waals surface area contributed by atoms with Gasteiger partial charge in [0.2, 0.25) is 0 Å². The van der Waals surface area contributed by atoms with Crippen molar-refractivity contribution in [2.75, 3.05) is 7.11 Å². The van der Waals surface area contributed by atoms with Gasteiger partial charge < -0.3 is 15.4 Å². The fourth-order valence-corrected chi connectivity index (χ4v) is 3.50. The van der Waals surface area contributed by atoms with E-state index in [1.165, 1.54) is 12.0 Å². The molecule has 2 rings (SSSR count). The highest BCUT2D eigenvalue weighted by molar-refractivity contribution is 7.11. The number of hydrogen-bond donors (Lipinski definition) is 2. The van der Waals surface area contributed by atoms with E-state index in [-0.39, 0.29) is 12.5 Å². The lowest BCUT2D eigenvalue weighted by atomic mass is 10.0. The Balaban J connectivity index is 2.01. The number of carbonyl (C=O) groups is 2. The molecule has 134 valence electrons. The second-order valence-electron chi connectivity index (χ2n) is 5.40. The largest absolute Gasteiger partial charge is 0.469 e. The van der Waals surface area contributed by atoms with Crippen molar-refractivity contribution in [2.24, 2.45) is 0 Å². The molecule has 1 heterocycles. The van der Waals surface area contributed by atoms with E-state index in [1.54, 1.807) is 29.5 Å². The van der Waals surface area contributed by atoms with Crippen molar-refractivity contribution in [1.82, 2.24) is 10.6 Å². The van der Waals surface area contributed by atoms with Crippen molar-refractivity contribution in [3.63, 3.8) is 0 Å². The molecule has 0 saturated heterocycles. The maximum Gasteiger partial charge on any atom is 0.315 e. The molecule has 2 amide bonds. The highest BCUT2D eigenvalue weighted by Gasteiger charge is 2.21. The highest BCUT2D eigenvalue weighted by atomic mass is 35.5. The summed E-state index contributed by atoms with van der Waals surface area (Å²) in [4.78, 5) is 26.3. The molecule has 1 aromatic heterocycles. The lowest BCUT2D eigenvalue weighted by Gasteiger charge is -2.19. The van der Waals surface area contributed by atoms with Crippen molar-refractivity contribution in [1.29, 1.82) is 0 Å². The molecule has 0 aliphatic rings. The number of carbonyl (C=O) groups excluding carboxylic acids is 2. The third-order valence-electron chi connectivity index (χ3n) is 3.67. The molecule has 0 spiro atoms. The quantitative estimate of drug-likeness (QED) is 0.711. The molecule has 1 atom stereocenters. The minimum absolute atomic E-state index is 0.00659. The summed E-state index contributed by atoms with van der Waals surface area (Å²) in [6.07, 6.45) is 0.983. The van der Waals surface area contributed by atoms with Crippen LogP contribution in [0.5, 0.6) is 0 Å². The Morgan fingerprint density at radius 1 is 1.20 bits per heavy atom. The normalized spacial score (nSPS) is 11.6. The van der Waals surface area contributed by atoms with Gasteiger partial charge in [0.05, 0.1) is 26.1 Å². The fraction of sp³-hybridized carbons (Fsp3) is 0.333. The SMILES string of the molecule is CCc1ccc(CNC(=O)NC(CC(=O)OC)c2ccccc2Cl)s1. The first-order valence-corrected chi connectivity index (χ1v) is 9.16. The molecule has 5 nitrogen and oxygen atoms in total. The lowest BCUT2D eigenvalue weighted by molar-refractivity contribution is -0.141. The first-order chi connectivity index (χ1) is 12.0. The number of urea groups is 1. The van der Waals surface area contributed by atoms with E-state index in [4.69, 9.17) is 16.3 Å². The Hall–Kier alpha value is -2.05. The van der Waals surface area contributed by atoms with E-state index >= 15 is 0 Å². The zero-order valence-electron chi connectivity index (χ0n) is 14.2. The number of hydrogen-bond acceptors (Lipinski definition) is 4. The van der Waals surface area contributed by atoms with E-state index in [0.717, 1.165) is 11.3 Å². The minimum Gasteiger partial charge on any atom is -0.469 e. The molecule has 7 heteroatoms. The van der Waals surface area contributed by atoms with Crippen LogP contribution in [0.1, 0.15) is 34.7 Å². The number of rotatable bonds is 7. The topological polar surface area (TPSA) is 67.4 Å². The van der Waals surface area contributed by atoms with Crippen LogP contribution < -0.4 is 10.6 Å². The molecule has 1 unspecified atom stereocenters. The van der Waals surface area contributed by atoms with E-state index in [9.17, 15) is 9.59 Å². The number of halogens is 1. The van der Waals surface area contributed by atoms with Crippen LogP contribution in [0.15, 0.2) is 36.4 Å². The lowest BCUT2D eigenvalue weighted by Crippen LogP contribution is -2.38. The molecule has 0 radical (unpaired) electrons. The Morgan fingerprint density at radius 3 is 2.56 bits per heavy atom. The summed E-state index contributed by atoms with van der Waals surface area (Å²) in [6, 6.07) is 10.2. The second kappa shape index (κ2) is 9.44. The van der Waals surface area contributed by atoms with Crippen molar-refractivity contribution >= 4 is 34.9 Å². The van der Waals surface area contributed by atoms with Crippen LogP contribution in [-0.2, 0) is 22.5 Å². The summed E-state index contributed by atoms with van der Waals surface area (Å²) in [7, 11) is 1.31. The Morgan fingerprint density at radius 2 is 1.92 bits per heavy atom. The zero-order chi connectivity index (χ0) is 18.2. The number of benzene rings is 1. The van der Waals surface area contributed by atoms with Crippen LogP contribution in [0.3, 0.4) is 0 Å². The average Bonchev–Trinajstić information content (AvgIpc) is 3.08. The molecule has 0 aliphatic carbocycles. The number of esters is 1.